The molecule has 0 bridgehead atoms. The number of methoxy groups -OCH3 is 4. The molecule has 3 aromatic carbocycles. The first-order valence-corrected chi connectivity index (χ1v) is 18.0. The molecule has 0 saturated heterocycles. The Balaban J connectivity index is 1.87. The summed E-state index contributed by atoms with van der Waals surface area (Å²) in [6.07, 6.45) is -2.52. The van der Waals surface area contributed by atoms with E-state index in [4.69, 9.17) is 23.7 Å². The monoisotopic (exact) mass is 765 g/mol. The lowest BCUT2D eigenvalue weighted by Crippen LogP contribution is -2.59. The van der Waals surface area contributed by atoms with E-state index in [1.54, 1.807) is 60.1 Å². The second-order valence-corrected chi connectivity index (χ2v) is 13.6. The van der Waals surface area contributed by atoms with Gasteiger partial charge in [-0.05, 0) is 59.2 Å². The van der Waals surface area contributed by atoms with Crippen LogP contribution in [0.25, 0.3) is 0 Å². The first-order chi connectivity index (χ1) is 26.3. The quantitative estimate of drug-likeness (QED) is 0.105. The van der Waals surface area contributed by atoms with E-state index in [2.05, 4.69) is 21.4 Å². The van der Waals surface area contributed by atoms with Crippen LogP contribution in [-0.2, 0) is 38.6 Å². The van der Waals surface area contributed by atoms with Crippen molar-refractivity contribution < 1.29 is 48.0 Å². The third-order valence-electron chi connectivity index (χ3n) is 8.73. The van der Waals surface area contributed by atoms with E-state index in [1.165, 1.54) is 19.2 Å². The van der Waals surface area contributed by atoms with E-state index < -0.39 is 48.2 Å². The molecule has 15 nitrogen and oxygen atoms in total. The average molecular weight is 766 g/mol. The summed E-state index contributed by atoms with van der Waals surface area (Å²) in [5, 5.41) is 21.4. The van der Waals surface area contributed by atoms with Gasteiger partial charge in [0, 0.05) is 13.1 Å². The molecule has 15 heteroatoms. The number of nitrogens with zero attached hydrogens (tertiary/aromatic N) is 1. The predicted octanol–water partition coefficient (Wildman–Crippen LogP) is 3.97. The van der Waals surface area contributed by atoms with E-state index >= 15 is 0 Å². The van der Waals surface area contributed by atoms with Crippen molar-refractivity contribution in [1.82, 2.24) is 26.4 Å². The second-order valence-electron chi connectivity index (χ2n) is 13.6. The van der Waals surface area contributed by atoms with Gasteiger partial charge in [-0.2, -0.15) is 0 Å². The SMILES string of the molecule is COC(=O)N[C@H](C(=O)N[C@@H](Cc1ccccc1)[C@@H](O)CN(Cc1ccc(OCc2ccc(OC)c(OC)c2)cc1)NC(=O)[C@@H](NC(=O)OC)C(C)C)C(C)C. The number of alkyl carbamates (subject to hydrolysis) is 2. The maximum atomic E-state index is 13.6. The molecule has 3 aromatic rings. The largest absolute Gasteiger partial charge is 0.493 e. The van der Waals surface area contributed by atoms with E-state index in [-0.39, 0.29) is 38.0 Å². The molecule has 0 fully saturated rings. The predicted molar refractivity (Wildman–Crippen MR) is 205 cm³/mol. The summed E-state index contributed by atoms with van der Waals surface area (Å²) in [6, 6.07) is 19.3. The lowest BCUT2D eigenvalue weighted by Gasteiger charge is -2.33. The Kier molecular flexibility index (Phi) is 17.5. The summed E-state index contributed by atoms with van der Waals surface area (Å²) >= 11 is 0. The fourth-order valence-corrected chi connectivity index (χ4v) is 5.64. The number of aliphatic hydroxyl groups is 1. The van der Waals surface area contributed by atoms with E-state index in [0.29, 0.717) is 17.2 Å². The molecule has 4 atom stereocenters. The molecule has 0 unspecified atom stereocenters. The van der Waals surface area contributed by atoms with Crippen LogP contribution in [0.4, 0.5) is 9.59 Å². The molecule has 300 valence electrons. The molecule has 0 saturated carbocycles. The number of amides is 4. The minimum Gasteiger partial charge on any atom is -0.493 e. The van der Waals surface area contributed by atoms with Crippen molar-refractivity contribution in [3.63, 3.8) is 0 Å². The molecule has 5 N–H and O–H groups in total. The number of benzene rings is 3. The Bertz CT molecular complexity index is 1670. The zero-order chi connectivity index (χ0) is 40.5. The van der Waals surface area contributed by atoms with Gasteiger partial charge in [0.1, 0.15) is 24.4 Å². The average Bonchev–Trinajstić information content (AvgIpc) is 3.17. The number of rotatable bonds is 20. The Labute approximate surface area is 323 Å². The van der Waals surface area contributed by atoms with Gasteiger partial charge in [0.05, 0.1) is 40.6 Å². The number of ether oxygens (including phenoxy) is 5. The van der Waals surface area contributed by atoms with E-state index in [9.17, 15) is 24.3 Å². The van der Waals surface area contributed by atoms with Gasteiger partial charge in [-0.1, -0.05) is 76.2 Å². The number of hydrogen-bond acceptors (Lipinski definition) is 11. The topological polar surface area (TPSA) is 186 Å². The summed E-state index contributed by atoms with van der Waals surface area (Å²) in [6.45, 7) is 7.38. The number of carbonyl (C=O) groups is 4. The van der Waals surface area contributed by atoms with Gasteiger partial charge in [-0.15, -0.1) is 0 Å². The lowest BCUT2D eigenvalue weighted by molar-refractivity contribution is -0.131. The molecule has 3 rings (SSSR count). The molecule has 4 amide bonds. The maximum Gasteiger partial charge on any atom is 0.407 e. The van der Waals surface area contributed by atoms with Gasteiger partial charge in [0.25, 0.3) is 5.91 Å². The number of hydrazine groups is 1. The smallest absolute Gasteiger partial charge is 0.407 e. The fraction of sp³-hybridized carbons (Fsp3) is 0.450. The number of aliphatic hydroxyl groups excluding tert-OH is 1. The highest BCUT2D eigenvalue weighted by Crippen LogP contribution is 2.28. The van der Waals surface area contributed by atoms with Crippen molar-refractivity contribution in [2.45, 2.75) is 71.5 Å². The van der Waals surface area contributed by atoms with Crippen molar-refractivity contribution >= 4 is 24.0 Å². The molecular formula is C40H55N5O10. The van der Waals surface area contributed by atoms with Crippen LogP contribution in [0.1, 0.15) is 44.4 Å². The van der Waals surface area contributed by atoms with Gasteiger partial charge >= 0.3 is 12.2 Å². The zero-order valence-electron chi connectivity index (χ0n) is 32.8. The van der Waals surface area contributed by atoms with E-state index in [1.807, 2.05) is 54.6 Å². The molecule has 0 aliphatic rings. The van der Waals surface area contributed by atoms with Crippen molar-refractivity contribution in [1.29, 1.82) is 0 Å². The van der Waals surface area contributed by atoms with Gasteiger partial charge in [0.15, 0.2) is 11.5 Å². The Hall–Kier alpha value is -5.54. The molecule has 0 aromatic heterocycles. The summed E-state index contributed by atoms with van der Waals surface area (Å²) in [4.78, 5) is 51.4. The van der Waals surface area contributed by atoms with Gasteiger partial charge < -0.3 is 44.7 Å². The molecular weight excluding hydrogens is 710 g/mol. The van der Waals surface area contributed by atoms with Crippen LogP contribution in [0.2, 0.25) is 0 Å². The summed E-state index contributed by atoms with van der Waals surface area (Å²) in [7, 11) is 5.56. The van der Waals surface area contributed by atoms with Crippen molar-refractivity contribution in [3.05, 3.63) is 89.5 Å². The molecule has 0 radical (unpaired) electrons. The minimum atomic E-state index is -1.23. The van der Waals surface area contributed by atoms with Crippen LogP contribution < -0.4 is 35.6 Å². The van der Waals surface area contributed by atoms with Crippen LogP contribution >= 0.6 is 0 Å². The van der Waals surface area contributed by atoms with Gasteiger partial charge in [0.2, 0.25) is 5.91 Å². The van der Waals surface area contributed by atoms with Crippen molar-refractivity contribution in [2.24, 2.45) is 11.8 Å². The normalized spacial score (nSPS) is 13.2. The second kappa shape index (κ2) is 22.0. The van der Waals surface area contributed by atoms with Crippen LogP contribution in [0.15, 0.2) is 72.8 Å². The van der Waals surface area contributed by atoms with Gasteiger partial charge in [-0.3, -0.25) is 15.0 Å². The highest BCUT2D eigenvalue weighted by atomic mass is 16.5. The molecule has 0 spiro atoms. The standard InChI is InChI=1S/C40H55N5O10/c1-25(2)35(42-39(49)53-7)37(47)41-31(20-27-12-10-9-11-13-27)32(46)23-45(44-38(48)36(26(3)4)43-40(50)54-8)22-28-14-17-30(18-15-28)55-24-29-16-19-33(51-5)34(21-29)52-6/h9-19,21,25-26,31-32,35-36,46H,20,22-24H2,1-8H3,(H,41,47)(H,42,49)(H,43,50)(H,44,48)/t31-,32-,35-,36-/m0/s1. The minimum absolute atomic E-state index is 0.131. The van der Waals surface area contributed by atoms with Crippen molar-refractivity contribution in [2.75, 3.05) is 35.0 Å². The number of carbonyl (C=O) groups excluding carboxylic acids is 4. The molecule has 0 aliphatic heterocycles. The Morgan fingerprint density at radius 1 is 0.673 bits per heavy atom. The highest BCUT2D eigenvalue weighted by molar-refractivity contribution is 5.86. The lowest BCUT2D eigenvalue weighted by atomic mass is 9.98. The molecule has 55 heavy (non-hydrogen) atoms. The van der Waals surface area contributed by atoms with Gasteiger partial charge in [-0.25, -0.2) is 14.6 Å². The Morgan fingerprint density at radius 3 is 1.78 bits per heavy atom. The van der Waals surface area contributed by atoms with Crippen LogP contribution in [0.3, 0.4) is 0 Å². The summed E-state index contributed by atoms with van der Waals surface area (Å²) < 4.78 is 26.2. The third-order valence-corrected chi connectivity index (χ3v) is 8.73. The third kappa shape index (κ3) is 14.0. The van der Waals surface area contributed by atoms with Crippen LogP contribution in [-0.4, -0.2) is 93.3 Å². The van der Waals surface area contributed by atoms with Crippen LogP contribution in [0, 0.1) is 11.8 Å². The van der Waals surface area contributed by atoms with E-state index in [0.717, 1.165) is 16.7 Å². The molecule has 0 aliphatic carbocycles. The number of nitrogens with one attached hydrogen (secondary N) is 4. The number of hydrogen-bond donors (Lipinski definition) is 5. The summed E-state index contributed by atoms with van der Waals surface area (Å²) in [5.41, 5.74) is 5.34. The first-order valence-electron chi connectivity index (χ1n) is 18.0. The fourth-order valence-electron chi connectivity index (χ4n) is 5.64. The first kappa shape index (κ1) is 43.9. The highest BCUT2D eigenvalue weighted by Gasteiger charge is 2.32. The van der Waals surface area contributed by atoms with Crippen LogP contribution in [0.5, 0.6) is 17.2 Å². The summed E-state index contributed by atoms with van der Waals surface area (Å²) in [5.74, 6) is 0.145. The maximum absolute atomic E-state index is 13.6. The van der Waals surface area contributed by atoms with Crippen molar-refractivity contribution in [3.8, 4) is 17.2 Å². The molecule has 0 heterocycles. The zero-order valence-corrected chi connectivity index (χ0v) is 32.8. The Morgan fingerprint density at radius 2 is 1.24 bits per heavy atom.